The Morgan fingerprint density at radius 1 is 1.27 bits per heavy atom. The van der Waals surface area contributed by atoms with Crippen molar-refractivity contribution in [1.82, 2.24) is 34.5 Å². The van der Waals surface area contributed by atoms with Crippen LogP contribution in [0.3, 0.4) is 0 Å². The van der Waals surface area contributed by atoms with Crippen molar-refractivity contribution in [1.29, 1.82) is 0 Å². The van der Waals surface area contributed by atoms with Crippen molar-refractivity contribution in [2.24, 2.45) is 0 Å². The Hall–Kier alpha value is -3.45. The first-order valence-corrected chi connectivity index (χ1v) is 12.1. The van der Waals surface area contributed by atoms with E-state index in [9.17, 15) is 8.78 Å². The molecule has 1 N–H and O–H groups in total. The van der Waals surface area contributed by atoms with Crippen molar-refractivity contribution < 1.29 is 22.6 Å². The topological polar surface area (TPSA) is 94.6 Å². The van der Waals surface area contributed by atoms with Crippen molar-refractivity contribution in [2.45, 2.75) is 44.1 Å². The zero-order chi connectivity index (χ0) is 25.7. The van der Waals surface area contributed by atoms with Crippen molar-refractivity contribution in [2.75, 3.05) is 38.7 Å². The molecule has 4 aromatic rings. The molecule has 0 radical (unpaired) electrons. The van der Waals surface area contributed by atoms with E-state index < -0.39 is 24.7 Å². The quantitative estimate of drug-likeness (QED) is 0.401. The number of nitrogens with zero attached hydrogens (tertiary/aromatic N) is 7. The number of aromatic nitrogens is 6. The van der Waals surface area contributed by atoms with Gasteiger partial charge in [-0.25, -0.2) is 22.4 Å². The number of benzene rings is 1. The Morgan fingerprint density at radius 2 is 2.11 bits per heavy atom. The van der Waals surface area contributed by atoms with Gasteiger partial charge in [0.05, 0.1) is 37.9 Å². The van der Waals surface area contributed by atoms with Gasteiger partial charge in [-0.15, -0.1) is 10.2 Å². The number of fused-ring (bicyclic) bond motifs is 2. The lowest BCUT2D eigenvalue weighted by atomic mass is 9.89. The molecule has 10 nitrogen and oxygen atoms in total. The molecule has 2 aliphatic heterocycles. The van der Waals surface area contributed by atoms with Gasteiger partial charge in [-0.2, -0.15) is 4.98 Å². The number of halogens is 3. The molecule has 5 heterocycles. The fourth-order valence-corrected chi connectivity index (χ4v) is 5.13. The summed E-state index contributed by atoms with van der Waals surface area (Å²) in [5, 5.41) is 15.6. The van der Waals surface area contributed by atoms with Gasteiger partial charge in [0, 0.05) is 24.8 Å². The van der Waals surface area contributed by atoms with Crippen molar-refractivity contribution in [3.8, 4) is 17.0 Å². The Balaban J connectivity index is 1.30. The smallest absolute Gasteiger partial charge is 0.258 e. The summed E-state index contributed by atoms with van der Waals surface area (Å²) in [6, 6.07) is 6.99. The van der Waals surface area contributed by atoms with Gasteiger partial charge in [0.2, 0.25) is 11.8 Å². The normalized spacial score (nSPS) is 23.1. The van der Waals surface area contributed by atoms with Gasteiger partial charge in [-0.05, 0) is 37.1 Å². The minimum atomic E-state index is -2.55. The molecule has 1 unspecified atom stereocenters. The van der Waals surface area contributed by atoms with Crippen LogP contribution >= 0.6 is 0 Å². The molecular formula is C24H27F3N8O2. The van der Waals surface area contributed by atoms with Crippen LogP contribution in [0.2, 0.25) is 0 Å². The number of hydrogen-bond donors (Lipinski definition) is 1. The lowest BCUT2D eigenvalue weighted by Crippen LogP contribution is -2.61. The molecule has 2 atom stereocenters. The van der Waals surface area contributed by atoms with E-state index in [0.717, 1.165) is 17.7 Å². The number of rotatable bonds is 7. The highest BCUT2D eigenvalue weighted by molar-refractivity contribution is 5.89. The minimum absolute atomic E-state index is 0.260. The van der Waals surface area contributed by atoms with Gasteiger partial charge in [-0.3, -0.25) is 4.90 Å². The van der Waals surface area contributed by atoms with E-state index >= 15 is 4.39 Å². The summed E-state index contributed by atoms with van der Waals surface area (Å²) in [5.74, 6) is 0.567. The molecule has 6 rings (SSSR count). The first-order chi connectivity index (χ1) is 17.8. The fourth-order valence-electron chi connectivity index (χ4n) is 5.13. The van der Waals surface area contributed by atoms with Crippen molar-refractivity contribution in [3.05, 3.63) is 30.5 Å². The summed E-state index contributed by atoms with van der Waals surface area (Å²) >= 11 is 0. The Bertz CT molecular complexity index is 1430. The average molecular weight is 517 g/mol. The molecular weight excluding hydrogens is 489 g/mol. The standard InChI is InChI=1S/C24H27F3N8O2/c1-24(27)13-33(15-11-37-12-15)7-6-19(24)28-23-29-22(36-2)21-16(5-8-34(21)31-23)14-3-4-17-18(9-14)35(32-30-17)10-20(25)26/h3-5,8-9,15,19-20H,6-7,10-13H2,1-2H3,(H,28,31)/t19-,24?/m1/s1. The maximum Gasteiger partial charge on any atom is 0.258 e. The summed E-state index contributed by atoms with van der Waals surface area (Å²) in [5.41, 5.74) is 1.64. The zero-order valence-electron chi connectivity index (χ0n) is 20.4. The Kier molecular flexibility index (Phi) is 5.91. The molecule has 37 heavy (non-hydrogen) atoms. The highest BCUT2D eigenvalue weighted by Crippen LogP contribution is 2.34. The highest BCUT2D eigenvalue weighted by Gasteiger charge is 2.43. The monoisotopic (exact) mass is 516 g/mol. The maximum absolute atomic E-state index is 15.6. The van der Waals surface area contributed by atoms with Gasteiger partial charge < -0.3 is 14.8 Å². The van der Waals surface area contributed by atoms with E-state index in [1.807, 2.05) is 12.1 Å². The van der Waals surface area contributed by atoms with E-state index in [1.54, 1.807) is 29.8 Å². The van der Waals surface area contributed by atoms with Crippen LogP contribution in [0.5, 0.6) is 5.88 Å². The summed E-state index contributed by atoms with van der Waals surface area (Å²) in [6.45, 7) is 3.43. The molecule has 2 saturated heterocycles. The molecule has 2 aliphatic rings. The fraction of sp³-hybridized carbons (Fsp3) is 0.500. The SMILES string of the molecule is COc1nc(N[C@@H]2CCN(C3COC3)CC2(C)F)nn2ccc(-c3ccc4nnn(CC(F)F)c4c3)c12. The van der Waals surface area contributed by atoms with Crippen LogP contribution < -0.4 is 10.1 Å². The van der Waals surface area contributed by atoms with Crippen LogP contribution in [0.4, 0.5) is 19.1 Å². The van der Waals surface area contributed by atoms with Crippen LogP contribution in [0.1, 0.15) is 13.3 Å². The van der Waals surface area contributed by atoms with Crippen LogP contribution in [0.15, 0.2) is 30.5 Å². The van der Waals surface area contributed by atoms with Crippen molar-refractivity contribution in [3.63, 3.8) is 0 Å². The van der Waals surface area contributed by atoms with E-state index in [4.69, 9.17) is 9.47 Å². The number of likely N-dealkylation sites (tertiary alicyclic amines) is 1. The van der Waals surface area contributed by atoms with Gasteiger partial charge in [0.25, 0.3) is 6.43 Å². The van der Waals surface area contributed by atoms with Crippen LogP contribution in [-0.4, -0.2) is 92.1 Å². The Labute approximate surface area is 210 Å². The molecule has 0 spiro atoms. The first kappa shape index (κ1) is 23.9. The van der Waals surface area contributed by atoms with E-state index in [-0.39, 0.29) is 12.0 Å². The number of ether oxygens (including phenoxy) is 2. The lowest BCUT2D eigenvalue weighted by Gasteiger charge is -2.46. The third kappa shape index (κ3) is 4.35. The molecule has 0 aliphatic carbocycles. The second-order valence-electron chi connectivity index (χ2n) is 9.76. The zero-order valence-corrected chi connectivity index (χ0v) is 20.4. The third-order valence-electron chi connectivity index (χ3n) is 7.19. The summed E-state index contributed by atoms with van der Waals surface area (Å²) < 4.78 is 55.2. The molecule has 0 bridgehead atoms. The summed E-state index contributed by atoms with van der Waals surface area (Å²) in [6.07, 6.45) is -0.189. The second kappa shape index (κ2) is 9.14. The third-order valence-corrected chi connectivity index (χ3v) is 7.19. The van der Waals surface area contributed by atoms with E-state index in [2.05, 4.69) is 30.6 Å². The number of methoxy groups -OCH3 is 1. The van der Waals surface area contributed by atoms with Gasteiger partial charge >= 0.3 is 0 Å². The average Bonchev–Trinajstić information content (AvgIpc) is 3.42. The number of anilines is 1. The van der Waals surface area contributed by atoms with E-state index in [1.165, 1.54) is 11.8 Å². The molecule has 3 aromatic heterocycles. The van der Waals surface area contributed by atoms with Crippen molar-refractivity contribution >= 4 is 22.5 Å². The maximum atomic E-state index is 15.6. The van der Waals surface area contributed by atoms with Crippen LogP contribution in [0.25, 0.3) is 27.7 Å². The molecule has 13 heteroatoms. The van der Waals surface area contributed by atoms with Gasteiger partial charge in [0.1, 0.15) is 23.2 Å². The largest absolute Gasteiger partial charge is 0.479 e. The number of nitrogens with one attached hydrogen (secondary N) is 1. The summed E-state index contributed by atoms with van der Waals surface area (Å²) in [4.78, 5) is 6.68. The molecule has 2 fully saturated rings. The predicted molar refractivity (Wildman–Crippen MR) is 130 cm³/mol. The number of hydrogen-bond acceptors (Lipinski definition) is 8. The van der Waals surface area contributed by atoms with Crippen LogP contribution in [0, 0.1) is 0 Å². The first-order valence-electron chi connectivity index (χ1n) is 12.1. The minimum Gasteiger partial charge on any atom is -0.479 e. The van der Waals surface area contributed by atoms with Gasteiger partial charge in [-0.1, -0.05) is 11.3 Å². The number of alkyl halides is 3. The molecule has 0 amide bonds. The van der Waals surface area contributed by atoms with Crippen LogP contribution in [-0.2, 0) is 11.3 Å². The summed E-state index contributed by atoms with van der Waals surface area (Å²) in [7, 11) is 1.51. The number of piperidine rings is 1. The predicted octanol–water partition coefficient (Wildman–Crippen LogP) is 3.03. The lowest BCUT2D eigenvalue weighted by molar-refractivity contribution is -0.0924. The van der Waals surface area contributed by atoms with E-state index in [0.29, 0.717) is 48.6 Å². The molecule has 1 aromatic carbocycles. The molecule has 0 saturated carbocycles. The molecule has 196 valence electrons. The Morgan fingerprint density at radius 3 is 2.81 bits per heavy atom. The second-order valence-corrected chi connectivity index (χ2v) is 9.76. The van der Waals surface area contributed by atoms with Gasteiger partial charge in [0.15, 0.2) is 0 Å². The highest BCUT2D eigenvalue weighted by atomic mass is 19.3.